The molecular weight excluding hydrogens is 240 g/mol. The first-order valence-corrected chi connectivity index (χ1v) is 7.93. The van der Waals surface area contributed by atoms with Crippen molar-refractivity contribution >= 4 is 5.91 Å². The fourth-order valence-corrected chi connectivity index (χ4v) is 3.35. The highest BCUT2D eigenvalue weighted by Gasteiger charge is 2.25. The topological polar surface area (TPSA) is 52.6 Å². The van der Waals surface area contributed by atoms with Gasteiger partial charge >= 0.3 is 0 Å². The van der Waals surface area contributed by atoms with Crippen molar-refractivity contribution in [3.8, 4) is 0 Å². The van der Waals surface area contributed by atoms with Gasteiger partial charge in [0.25, 0.3) is 0 Å². The molecule has 2 N–H and O–H groups in total. The molecular formula is C15H28N2O2. The predicted molar refractivity (Wildman–Crippen MR) is 75.9 cm³/mol. The Balaban J connectivity index is 1.75. The lowest BCUT2D eigenvalue weighted by Gasteiger charge is -2.31. The van der Waals surface area contributed by atoms with E-state index in [-0.39, 0.29) is 12.5 Å². The molecule has 2 atom stereocenters. The largest absolute Gasteiger partial charge is 0.396 e. The summed E-state index contributed by atoms with van der Waals surface area (Å²) < 4.78 is 0. The Bertz CT molecular complexity index is 275. The average Bonchev–Trinajstić information content (AvgIpc) is 2.74. The Morgan fingerprint density at radius 3 is 2.42 bits per heavy atom. The number of nitrogens with zero attached hydrogens (tertiary/aromatic N) is 1. The molecule has 110 valence electrons. The minimum absolute atomic E-state index is 0.240. The van der Waals surface area contributed by atoms with Gasteiger partial charge in [0.2, 0.25) is 5.91 Å². The highest BCUT2D eigenvalue weighted by molar-refractivity contribution is 5.78. The molecule has 0 aromatic rings. The van der Waals surface area contributed by atoms with Crippen LogP contribution in [0.2, 0.25) is 0 Å². The zero-order valence-electron chi connectivity index (χ0n) is 11.9. The maximum atomic E-state index is 12.2. The molecule has 0 aromatic carbocycles. The van der Waals surface area contributed by atoms with Crippen molar-refractivity contribution in [1.29, 1.82) is 0 Å². The van der Waals surface area contributed by atoms with Gasteiger partial charge in [0.05, 0.1) is 6.54 Å². The smallest absolute Gasteiger partial charge is 0.236 e. The summed E-state index contributed by atoms with van der Waals surface area (Å²) in [5.74, 6) is 0.579. The lowest BCUT2D eigenvalue weighted by Crippen LogP contribution is -2.46. The summed E-state index contributed by atoms with van der Waals surface area (Å²) in [6.07, 6.45) is 9.42. The van der Waals surface area contributed by atoms with Crippen LogP contribution in [-0.2, 0) is 4.79 Å². The van der Waals surface area contributed by atoms with Gasteiger partial charge in [-0.3, -0.25) is 4.79 Å². The zero-order valence-corrected chi connectivity index (χ0v) is 11.9. The highest BCUT2D eigenvalue weighted by atomic mass is 16.3. The molecule has 0 bridgehead atoms. The zero-order chi connectivity index (χ0) is 13.5. The van der Waals surface area contributed by atoms with Crippen LogP contribution >= 0.6 is 0 Å². The molecule has 2 fully saturated rings. The normalized spacial score (nSPS) is 29.0. The molecule has 4 heteroatoms. The summed E-state index contributed by atoms with van der Waals surface area (Å²) in [5, 5.41) is 12.8. The van der Waals surface area contributed by atoms with E-state index in [1.54, 1.807) is 0 Å². The quantitative estimate of drug-likeness (QED) is 0.813. The molecule has 4 nitrogen and oxygen atoms in total. The first-order valence-electron chi connectivity index (χ1n) is 7.93. The Kier molecular flexibility index (Phi) is 6.11. The van der Waals surface area contributed by atoms with Gasteiger partial charge in [0, 0.05) is 25.7 Å². The van der Waals surface area contributed by atoms with Crippen molar-refractivity contribution in [3.63, 3.8) is 0 Å². The molecule has 2 aliphatic rings. The Morgan fingerprint density at radius 1 is 1.05 bits per heavy atom. The van der Waals surface area contributed by atoms with Crippen LogP contribution in [0, 0.1) is 5.92 Å². The predicted octanol–water partition coefficient (Wildman–Crippen LogP) is 1.53. The highest BCUT2D eigenvalue weighted by Crippen LogP contribution is 2.23. The van der Waals surface area contributed by atoms with E-state index in [1.807, 2.05) is 4.90 Å². The van der Waals surface area contributed by atoms with E-state index in [0.29, 0.717) is 18.5 Å². The molecule has 0 radical (unpaired) electrons. The maximum Gasteiger partial charge on any atom is 0.236 e. The lowest BCUT2D eigenvalue weighted by atomic mass is 9.85. The van der Waals surface area contributed by atoms with Gasteiger partial charge in [0.1, 0.15) is 0 Å². The third-order valence-electron chi connectivity index (χ3n) is 4.62. The minimum Gasteiger partial charge on any atom is -0.396 e. The van der Waals surface area contributed by atoms with Crippen molar-refractivity contribution < 1.29 is 9.90 Å². The molecule has 1 heterocycles. The number of likely N-dealkylation sites (tertiary alicyclic amines) is 1. The van der Waals surface area contributed by atoms with E-state index in [2.05, 4.69) is 5.32 Å². The second-order valence-electron chi connectivity index (χ2n) is 6.01. The molecule has 2 rings (SSSR count). The summed E-state index contributed by atoms with van der Waals surface area (Å²) in [6.45, 7) is 2.54. The molecule has 1 saturated carbocycles. The minimum atomic E-state index is 0.240. The third-order valence-corrected chi connectivity index (χ3v) is 4.62. The van der Waals surface area contributed by atoms with Crippen LogP contribution in [-0.4, -0.2) is 48.2 Å². The summed E-state index contributed by atoms with van der Waals surface area (Å²) in [4.78, 5) is 14.2. The van der Waals surface area contributed by atoms with Crippen LogP contribution in [0.5, 0.6) is 0 Å². The van der Waals surface area contributed by atoms with Gasteiger partial charge in [-0.1, -0.05) is 25.7 Å². The van der Waals surface area contributed by atoms with E-state index in [4.69, 9.17) is 0 Å². The van der Waals surface area contributed by atoms with Crippen LogP contribution in [0.3, 0.4) is 0 Å². The fraction of sp³-hybridized carbons (Fsp3) is 0.933. The van der Waals surface area contributed by atoms with Crippen LogP contribution in [0.25, 0.3) is 0 Å². The second kappa shape index (κ2) is 7.85. The van der Waals surface area contributed by atoms with Crippen molar-refractivity contribution in [1.82, 2.24) is 10.2 Å². The van der Waals surface area contributed by atoms with E-state index in [1.165, 1.54) is 25.7 Å². The molecule has 2 unspecified atom stereocenters. The number of hydrogen-bond acceptors (Lipinski definition) is 3. The van der Waals surface area contributed by atoms with E-state index in [9.17, 15) is 9.90 Å². The van der Waals surface area contributed by atoms with Crippen LogP contribution < -0.4 is 5.32 Å². The van der Waals surface area contributed by atoms with Crippen LogP contribution in [0.4, 0.5) is 0 Å². The van der Waals surface area contributed by atoms with Crippen molar-refractivity contribution in [3.05, 3.63) is 0 Å². The monoisotopic (exact) mass is 268 g/mol. The first-order chi connectivity index (χ1) is 9.31. The molecule has 1 aliphatic heterocycles. The van der Waals surface area contributed by atoms with E-state index in [0.717, 1.165) is 38.8 Å². The summed E-state index contributed by atoms with van der Waals surface area (Å²) in [7, 11) is 0. The number of aliphatic hydroxyl groups is 1. The summed E-state index contributed by atoms with van der Waals surface area (Å²) >= 11 is 0. The summed E-state index contributed by atoms with van der Waals surface area (Å²) in [5.41, 5.74) is 0. The van der Waals surface area contributed by atoms with Gasteiger partial charge in [0.15, 0.2) is 0 Å². The lowest BCUT2D eigenvalue weighted by molar-refractivity contribution is -0.130. The average molecular weight is 268 g/mol. The Morgan fingerprint density at radius 2 is 1.74 bits per heavy atom. The molecule has 1 saturated heterocycles. The third kappa shape index (κ3) is 4.46. The van der Waals surface area contributed by atoms with Gasteiger partial charge < -0.3 is 15.3 Å². The van der Waals surface area contributed by atoms with Crippen LogP contribution in [0.15, 0.2) is 0 Å². The number of aliphatic hydroxyl groups excluding tert-OH is 1. The van der Waals surface area contributed by atoms with Gasteiger partial charge in [-0.15, -0.1) is 0 Å². The molecule has 0 spiro atoms. The number of rotatable bonds is 4. The Hall–Kier alpha value is -0.610. The molecule has 1 aliphatic carbocycles. The molecule has 1 amide bonds. The maximum absolute atomic E-state index is 12.2. The fourth-order valence-electron chi connectivity index (χ4n) is 3.35. The SMILES string of the molecule is O=C(CNC1CCCCC1CO)N1CCCCCC1. The van der Waals surface area contributed by atoms with Crippen molar-refractivity contribution in [2.75, 3.05) is 26.2 Å². The van der Waals surface area contributed by atoms with Crippen molar-refractivity contribution in [2.24, 2.45) is 5.92 Å². The van der Waals surface area contributed by atoms with Crippen molar-refractivity contribution in [2.45, 2.75) is 57.4 Å². The standard InChI is InChI=1S/C15H28N2O2/c18-12-13-7-3-4-8-14(13)16-11-15(19)17-9-5-1-2-6-10-17/h13-14,16,18H,1-12H2. The number of hydrogen-bond donors (Lipinski definition) is 2. The molecule has 0 aromatic heterocycles. The van der Waals surface area contributed by atoms with Gasteiger partial charge in [-0.05, 0) is 31.6 Å². The molecule has 19 heavy (non-hydrogen) atoms. The Labute approximate surface area is 116 Å². The number of carbonyl (C=O) groups is 1. The van der Waals surface area contributed by atoms with Gasteiger partial charge in [-0.2, -0.15) is 0 Å². The number of nitrogens with one attached hydrogen (secondary N) is 1. The van der Waals surface area contributed by atoms with Crippen LogP contribution in [0.1, 0.15) is 51.4 Å². The summed E-state index contributed by atoms with van der Waals surface area (Å²) in [6, 6.07) is 0.328. The van der Waals surface area contributed by atoms with E-state index >= 15 is 0 Å². The number of carbonyl (C=O) groups excluding carboxylic acids is 1. The number of amides is 1. The first kappa shape index (κ1) is 14.8. The van der Waals surface area contributed by atoms with E-state index < -0.39 is 0 Å². The second-order valence-corrected chi connectivity index (χ2v) is 6.01. The van der Waals surface area contributed by atoms with Gasteiger partial charge in [-0.25, -0.2) is 0 Å².